The van der Waals surface area contributed by atoms with Crippen molar-refractivity contribution in [3.8, 4) is 0 Å². The molecule has 0 aromatic carbocycles. The highest BCUT2D eigenvalue weighted by Crippen LogP contribution is 2.38. The van der Waals surface area contributed by atoms with Crippen molar-refractivity contribution in [2.45, 2.75) is 309 Å². The highest BCUT2D eigenvalue weighted by Gasteiger charge is 2.22. The van der Waals surface area contributed by atoms with Crippen LogP contribution in [0, 0.1) is 0 Å². The van der Waals surface area contributed by atoms with Gasteiger partial charge in [-0.3, -0.25) is 14.2 Å². The zero-order valence-electron chi connectivity index (χ0n) is 48.9. The standard InChI is InChI=1S/C63H120NO8P/c1-6-8-10-12-14-16-18-20-22-24-26-27-28-29-30-31-32-33-34-35-36-38-39-41-43-45-47-49-51-53-55-62(65)69-59-61(60-71-73(67,68)70-58-57-64(3,4)5)72-63(66)56-54-52-50-48-46-44-42-40-37-25-23-21-19-17-15-13-11-9-7-2/h15,17,21,23,37,40,61H,6-14,16,18-20,22,24-36,38-39,41-60H2,1-5H3/b17-15-,23-21-,40-37-. The number of likely N-dealkylation sites (N-methyl/N-ethyl adjacent to an activating group) is 1. The zero-order chi connectivity index (χ0) is 53.5. The van der Waals surface area contributed by atoms with Gasteiger partial charge in [0.25, 0.3) is 7.82 Å². The second kappa shape index (κ2) is 55.0. The first-order valence-electron chi connectivity index (χ1n) is 31.2. The molecule has 0 aliphatic rings. The fraction of sp³-hybridized carbons (Fsp3) is 0.873. The van der Waals surface area contributed by atoms with Gasteiger partial charge in [-0.2, -0.15) is 0 Å². The summed E-state index contributed by atoms with van der Waals surface area (Å²) in [6.45, 7) is 4.24. The molecule has 430 valence electrons. The van der Waals surface area contributed by atoms with Crippen LogP contribution in [0.3, 0.4) is 0 Å². The molecule has 0 saturated heterocycles. The van der Waals surface area contributed by atoms with E-state index < -0.39 is 26.5 Å². The quantitative estimate of drug-likeness (QED) is 0.0195. The van der Waals surface area contributed by atoms with Gasteiger partial charge in [0.15, 0.2) is 6.10 Å². The maximum absolute atomic E-state index is 12.8. The molecule has 10 heteroatoms. The van der Waals surface area contributed by atoms with E-state index >= 15 is 0 Å². The topological polar surface area (TPSA) is 111 Å². The molecule has 0 spiro atoms. The Balaban J connectivity index is 4.04. The number of allylic oxidation sites excluding steroid dienone is 6. The summed E-state index contributed by atoms with van der Waals surface area (Å²) in [5.41, 5.74) is 0. The number of hydrogen-bond donors (Lipinski definition) is 0. The van der Waals surface area contributed by atoms with Gasteiger partial charge in [-0.05, 0) is 51.4 Å². The van der Waals surface area contributed by atoms with Crippen LogP contribution < -0.4 is 4.89 Å². The Morgan fingerprint density at radius 3 is 1.12 bits per heavy atom. The Morgan fingerprint density at radius 2 is 0.740 bits per heavy atom. The van der Waals surface area contributed by atoms with E-state index in [-0.39, 0.29) is 32.0 Å². The van der Waals surface area contributed by atoms with E-state index in [2.05, 4.69) is 50.3 Å². The van der Waals surface area contributed by atoms with Crippen molar-refractivity contribution in [3.05, 3.63) is 36.5 Å². The molecule has 0 heterocycles. The maximum Gasteiger partial charge on any atom is 0.306 e. The second-order valence-corrected chi connectivity index (χ2v) is 23.8. The largest absolute Gasteiger partial charge is 0.756 e. The molecule has 0 aromatic heterocycles. The van der Waals surface area contributed by atoms with Gasteiger partial charge in [-0.1, -0.05) is 275 Å². The summed E-state index contributed by atoms with van der Waals surface area (Å²) < 4.78 is 34.2. The molecular weight excluding hydrogens is 930 g/mol. The van der Waals surface area contributed by atoms with E-state index in [1.54, 1.807) is 0 Å². The van der Waals surface area contributed by atoms with E-state index in [1.165, 1.54) is 199 Å². The molecule has 2 unspecified atom stereocenters. The molecule has 0 aliphatic carbocycles. The molecule has 0 N–H and O–H groups in total. The van der Waals surface area contributed by atoms with E-state index in [1.807, 2.05) is 21.1 Å². The third kappa shape index (κ3) is 59.3. The first-order valence-corrected chi connectivity index (χ1v) is 32.7. The van der Waals surface area contributed by atoms with Crippen LogP contribution in [0.4, 0.5) is 0 Å². The molecule has 0 fully saturated rings. The second-order valence-electron chi connectivity index (χ2n) is 22.4. The first-order chi connectivity index (χ1) is 35.5. The smallest absolute Gasteiger partial charge is 0.306 e. The number of carbonyl (C=O) groups is 2. The number of rotatable bonds is 58. The number of phosphoric ester groups is 1. The number of hydrogen-bond acceptors (Lipinski definition) is 8. The Kier molecular flexibility index (Phi) is 53.7. The summed E-state index contributed by atoms with van der Waals surface area (Å²) in [5.74, 6) is -0.834. The molecule has 9 nitrogen and oxygen atoms in total. The third-order valence-electron chi connectivity index (χ3n) is 13.9. The predicted molar refractivity (Wildman–Crippen MR) is 310 cm³/mol. The fourth-order valence-electron chi connectivity index (χ4n) is 9.08. The maximum atomic E-state index is 12.8. The van der Waals surface area contributed by atoms with Crippen LogP contribution in [-0.4, -0.2) is 70.0 Å². The van der Waals surface area contributed by atoms with Crippen LogP contribution in [0.2, 0.25) is 0 Å². The number of quaternary nitrogens is 1. The molecule has 0 aliphatic heterocycles. The lowest BCUT2D eigenvalue weighted by atomic mass is 10.0. The van der Waals surface area contributed by atoms with Crippen LogP contribution in [0.15, 0.2) is 36.5 Å². The normalized spacial score (nSPS) is 13.5. The monoisotopic (exact) mass is 1050 g/mol. The third-order valence-corrected chi connectivity index (χ3v) is 14.9. The Labute approximate surface area is 452 Å². The van der Waals surface area contributed by atoms with Crippen molar-refractivity contribution in [3.63, 3.8) is 0 Å². The van der Waals surface area contributed by atoms with Gasteiger partial charge in [-0.15, -0.1) is 0 Å². The lowest BCUT2D eigenvalue weighted by molar-refractivity contribution is -0.870. The zero-order valence-corrected chi connectivity index (χ0v) is 49.7. The van der Waals surface area contributed by atoms with Gasteiger partial charge in [0, 0.05) is 12.8 Å². The fourth-order valence-corrected chi connectivity index (χ4v) is 9.81. The van der Waals surface area contributed by atoms with Crippen LogP contribution in [-0.2, 0) is 32.7 Å². The van der Waals surface area contributed by atoms with Crippen molar-refractivity contribution in [2.75, 3.05) is 47.5 Å². The van der Waals surface area contributed by atoms with Gasteiger partial charge >= 0.3 is 11.9 Å². The predicted octanol–water partition coefficient (Wildman–Crippen LogP) is 18.9. The minimum atomic E-state index is -4.64. The van der Waals surface area contributed by atoms with E-state index in [0.717, 1.165) is 70.6 Å². The molecular formula is C63H120NO8P. The van der Waals surface area contributed by atoms with Gasteiger partial charge in [0.2, 0.25) is 0 Å². The highest BCUT2D eigenvalue weighted by atomic mass is 31.2. The van der Waals surface area contributed by atoms with Gasteiger partial charge in [0.1, 0.15) is 19.8 Å². The summed E-state index contributed by atoms with van der Waals surface area (Å²) in [4.78, 5) is 37.9. The number of carbonyl (C=O) groups excluding carboxylic acids is 2. The molecule has 0 amide bonds. The van der Waals surface area contributed by atoms with E-state index in [9.17, 15) is 19.0 Å². The Bertz CT molecular complexity index is 1330. The minimum absolute atomic E-state index is 0.0325. The summed E-state index contributed by atoms with van der Waals surface area (Å²) in [6.07, 6.45) is 67.8. The average molecular weight is 1050 g/mol. The number of nitrogens with zero attached hydrogens (tertiary/aromatic N) is 1. The van der Waals surface area contributed by atoms with Crippen LogP contribution in [0.1, 0.15) is 303 Å². The van der Waals surface area contributed by atoms with Crippen molar-refractivity contribution >= 4 is 19.8 Å². The van der Waals surface area contributed by atoms with Gasteiger partial charge in [-0.25, -0.2) is 0 Å². The van der Waals surface area contributed by atoms with Crippen molar-refractivity contribution in [1.82, 2.24) is 0 Å². The molecule has 73 heavy (non-hydrogen) atoms. The summed E-state index contributed by atoms with van der Waals surface area (Å²) in [6, 6.07) is 0. The number of phosphoric acid groups is 1. The molecule has 0 bridgehead atoms. The average Bonchev–Trinajstić information content (AvgIpc) is 3.35. The van der Waals surface area contributed by atoms with Gasteiger partial charge in [0.05, 0.1) is 27.7 Å². The first kappa shape index (κ1) is 71.2. The van der Waals surface area contributed by atoms with E-state index in [0.29, 0.717) is 17.4 Å². The van der Waals surface area contributed by atoms with Crippen LogP contribution >= 0.6 is 7.82 Å². The molecule has 2 atom stereocenters. The number of unbranched alkanes of at least 4 members (excludes halogenated alkanes) is 38. The van der Waals surface area contributed by atoms with Crippen LogP contribution in [0.5, 0.6) is 0 Å². The summed E-state index contributed by atoms with van der Waals surface area (Å²) in [5, 5.41) is 0. The molecule has 0 aromatic rings. The molecule has 0 saturated carbocycles. The van der Waals surface area contributed by atoms with Gasteiger partial charge < -0.3 is 27.9 Å². The Morgan fingerprint density at radius 1 is 0.425 bits per heavy atom. The highest BCUT2D eigenvalue weighted by molar-refractivity contribution is 7.45. The lowest BCUT2D eigenvalue weighted by Gasteiger charge is -2.28. The molecule has 0 rings (SSSR count). The lowest BCUT2D eigenvalue weighted by Crippen LogP contribution is -2.37. The SMILES string of the molecule is CCCCC/C=C\C/C=C\C/C=C\CCCCCCCCC(=O)OC(COC(=O)CCCCCCCCCCCCCCCCCCCCCCCCCCCCCCCC)COP(=O)([O-])OCC[N+](C)(C)C. The van der Waals surface area contributed by atoms with E-state index in [4.69, 9.17) is 18.5 Å². The van der Waals surface area contributed by atoms with Crippen molar-refractivity contribution in [2.24, 2.45) is 0 Å². The summed E-state index contributed by atoms with van der Waals surface area (Å²) in [7, 11) is 1.17. The number of esters is 2. The Hall–Kier alpha value is -1.77. The molecule has 0 radical (unpaired) electrons. The minimum Gasteiger partial charge on any atom is -0.756 e. The number of ether oxygens (including phenoxy) is 2. The van der Waals surface area contributed by atoms with Crippen LogP contribution in [0.25, 0.3) is 0 Å². The van der Waals surface area contributed by atoms with Crippen molar-refractivity contribution < 1.29 is 42.1 Å². The summed E-state index contributed by atoms with van der Waals surface area (Å²) >= 11 is 0. The van der Waals surface area contributed by atoms with Crippen molar-refractivity contribution in [1.29, 1.82) is 0 Å².